The monoisotopic (exact) mass is 379 g/mol. The summed E-state index contributed by atoms with van der Waals surface area (Å²) in [5.74, 6) is 1.04. The minimum Gasteiger partial charge on any atom is -0.325 e. The first kappa shape index (κ1) is 19.4. The van der Waals surface area contributed by atoms with Crippen LogP contribution in [0.3, 0.4) is 0 Å². The van der Waals surface area contributed by atoms with Crippen LogP contribution in [0.5, 0.6) is 0 Å². The zero-order valence-corrected chi connectivity index (χ0v) is 17.2. The summed E-state index contributed by atoms with van der Waals surface area (Å²) >= 11 is 1.47. The number of benzene rings is 2. The van der Waals surface area contributed by atoms with Gasteiger partial charge in [0.25, 0.3) is 0 Å². The Hall–Kier alpha value is -2.40. The Morgan fingerprint density at radius 2 is 1.74 bits per heavy atom. The minimum absolute atomic E-state index is 0.0171. The van der Waals surface area contributed by atoms with Gasteiger partial charge in [-0.25, -0.2) is 9.97 Å². The average Bonchev–Trinajstić information content (AvgIpc) is 2.62. The first-order chi connectivity index (χ1) is 12.9. The molecule has 5 heteroatoms. The van der Waals surface area contributed by atoms with Crippen LogP contribution in [0.2, 0.25) is 0 Å². The van der Waals surface area contributed by atoms with E-state index < -0.39 is 0 Å². The molecule has 0 radical (unpaired) electrons. The SMILES string of the molecule is Cc1nc(S[C@@H](C)C(=O)Nc2c(C)cccc2C(C)C)c2ccccc2n1. The van der Waals surface area contributed by atoms with Gasteiger partial charge in [-0.15, -0.1) is 0 Å². The molecule has 2 aromatic carbocycles. The molecule has 4 nitrogen and oxygen atoms in total. The van der Waals surface area contributed by atoms with Gasteiger partial charge in [-0.3, -0.25) is 4.79 Å². The lowest BCUT2D eigenvalue weighted by Gasteiger charge is -2.19. The Balaban J connectivity index is 1.84. The number of para-hydroxylation sites is 2. The van der Waals surface area contributed by atoms with Gasteiger partial charge in [-0.2, -0.15) is 0 Å². The highest BCUT2D eigenvalue weighted by atomic mass is 32.2. The Bertz CT molecular complexity index is 984. The first-order valence-corrected chi connectivity index (χ1v) is 10.0. The Kier molecular flexibility index (Phi) is 5.80. The van der Waals surface area contributed by atoms with Crippen molar-refractivity contribution in [1.29, 1.82) is 0 Å². The van der Waals surface area contributed by atoms with Gasteiger partial charge in [0.15, 0.2) is 0 Å². The number of carbonyl (C=O) groups is 1. The van der Waals surface area contributed by atoms with Crippen LogP contribution < -0.4 is 5.32 Å². The van der Waals surface area contributed by atoms with E-state index in [4.69, 9.17) is 0 Å². The molecule has 0 aliphatic rings. The van der Waals surface area contributed by atoms with Crippen molar-refractivity contribution in [3.63, 3.8) is 0 Å². The molecule has 1 N–H and O–H groups in total. The molecule has 3 aromatic rings. The summed E-state index contributed by atoms with van der Waals surface area (Å²) in [5.41, 5.74) is 4.06. The van der Waals surface area contributed by atoms with Crippen molar-refractivity contribution in [1.82, 2.24) is 9.97 Å². The van der Waals surface area contributed by atoms with Crippen molar-refractivity contribution in [3.8, 4) is 0 Å². The maximum absolute atomic E-state index is 12.9. The van der Waals surface area contributed by atoms with Gasteiger partial charge < -0.3 is 5.32 Å². The zero-order valence-electron chi connectivity index (χ0n) is 16.4. The van der Waals surface area contributed by atoms with E-state index in [1.54, 1.807) is 0 Å². The summed E-state index contributed by atoms with van der Waals surface area (Å²) in [6, 6.07) is 14.0. The molecule has 0 fully saturated rings. The number of nitrogens with one attached hydrogen (secondary N) is 1. The van der Waals surface area contributed by atoms with Gasteiger partial charge in [0, 0.05) is 11.1 Å². The number of hydrogen-bond donors (Lipinski definition) is 1. The van der Waals surface area contributed by atoms with Crippen molar-refractivity contribution in [2.45, 2.75) is 50.8 Å². The molecule has 0 saturated heterocycles. The number of anilines is 1. The van der Waals surface area contributed by atoms with Crippen LogP contribution in [0.15, 0.2) is 47.5 Å². The van der Waals surface area contributed by atoms with Crippen LogP contribution in [0.1, 0.15) is 43.6 Å². The third-order valence-electron chi connectivity index (χ3n) is 4.51. The number of nitrogens with zero attached hydrogens (tertiary/aromatic N) is 2. The molecule has 0 spiro atoms. The van der Waals surface area contributed by atoms with Crippen molar-refractivity contribution < 1.29 is 4.79 Å². The fraction of sp³-hybridized carbons (Fsp3) is 0.318. The second-order valence-electron chi connectivity index (χ2n) is 7.04. The largest absolute Gasteiger partial charge is 0.325 e. The summed E-state index contributed by atoms with van der Waals surface area (Å²) in [7, 11) is 0. The number of aromatic nitrogens is 2. The predicted molar refractivity (Wildman–Crippen MR) is 113 cm³/mol. The number of thioether (sulfide) groups is 1. The highest BCUT2D eigenvalue weighted by Gasteiger charge is 2.20. The lowest BCUT2D eigenvalue weighted by Crippen LogP contribution is -2.24. The van der Waals surface area contributed by atoms with Gasteiger partial charge in [0.1, 0.15) is 10.9 Å². The van der Waals surface area contributed by atoms with Crippen LogP contribution in [0.25, 0.3) is 10.9 Å². The first-order valence-electron chi connectivity index (χ1n) is 9.17. The van der Waals surface area contributed by atoms with Crippen LogP contribution in [0.4, 0.5) is 5.69 Å². The van der Waals surface area contributed by atoms with Crippen molar-refractivity contribution >= 4 is 34.3 Å². The molecule has 140 valence electrons. The van der Waals surface area contributed by atoms with Gasteiger partial charge in [0.05, 0.1) is 10.8 Å². The summed E-state index contributed by atoms with van der Waals surface area (Å²) in [6.45, 7) is 10.1. The topological polar surface area (TPSA) is 54.9 Å². The number of hydrogen-bond acceptors (Lipinski definition) is 4. The van der Waals surface area contributed by atoms with Gasteiger partial charge in [-0.1, -0.05) is 62.0 Å². The summed E-state index contributed by atoms with van der Waals surface area (Å²) in [4.78, 5) is 21.9. The minimum atomic E-state index is -0.276. The molecule has 0 aliphatic carbocycles. The lowest BCUT2D eigenvalue weighted by atomic mass is 9.98. The summed E-state index contributed by atoms with van der Waals surface area (Å²) in [6.07, 6.45) is 0. The molecular formula is C22H25N3OS. The highest BCUT2D eigenvalue weighted by molar-refractivity contribution is 8.00. The average molecular weight is 380 g/mol. The van der Waals surface area contributed by atoms with E-state index in [1.165, 1.54) is 11.8 Å². The van der Waals surface area contributed by atoms with Crippen LogP contribution in [-0.2, 0) is 4.79 Å². The molecule has 0 bridgehead atoms. The molecule has 1 heterocycles. The molecule has 27 heavy (non-hydrogen) atoms. The molecular weight excluding hydrogens is 354 g/mol. The van der Waals surface area contributed by atoms with E-state index in [9.17, 15) is 4.79 Å². The van der Waals surface area contributed by atoms with E-state index in [0.29, 0.717) is 11.7 Å². The van der Waals surface area contributed by atoms with E-state index in [-0.39, 0.29) is 11.2 Å². The number of carbonyl (C=O) groups excluding carboxylic acids is 1. The smallest absolute Gasteiger partial charge is 0.237 e. The Labute approximate surface area is 164 Å². The zero-order chi connectivity index (χ0) is 19.6. The fourth-order valence-electron chi connectivity index (χ4n) is 3.04. The number of fused-ring (bicyclic) bond motifs is 1. The normalized spacial score (nSPS) is 12.4. The molecule has 3 rings (SSSR count). The summed E-state index contributed by atoms with van der Waals surface area (Å²) in [5, 5.41) is 4.68. The van der Waals surface area contributed by atoms with Crippen molar-refractivity contribution in [3.05, 3.63) is 59.4 Å². The number of rotatable bonds is 5. The molecule has 0 unspecified atom stereocenters. The lowest BCUT2D eigenvalue weighted by molar-refractivity contribution is -0.115. The maximum Gasteiger partial charge on any atom is 0.237 e. The maximum atomic E-state index is 12.9. The van der Waals surface area contributed by atoms with E-state index in [2.05, 4.69) is 35.2 Å². The van der Waals surface area contributed by atoms with Gasteiger partial charge in [0.2, 0.25) is 5.91 Å². The number of aryl methyl sites for hydroxylation is 2. The fourth-order valence-corrected chi connectivity index (χ4v) is 4.02. The molecule has 0 saturated carbocycles. The third kappa shape index (κ3) is 4.30. The van der Waals surface area contributed by atoms with Crippen molar-refractivity contribution in [2.24, 2.45) is 0 Å². The van der Waals surface area contributed by atoms with E-state index >= 15 is 0 Å². The predicted octanol–water partition coefficient (Wildman–Crippen LogP) is 5.49. The quantitative estimate of drug-likeness (QED) is 0.470. The summed E-state index contributed by atoms with van der Waals surface area (Å²) < 4.78 is 0. The van der Waals surface area contributed by atoms with Gasteiger partial charge >= 0.3 is 0 Å². The second-order valence-corrected chi connectivity index (χ2v) is 8.37. The van der Waals surface area contributed by atoms with Crippen LogP contribution in [-0.4, -0.2) is 21.1 Å². The molecule has 1 aromatic heterocycles. The van der Waals surface area contributed by atoms with Gasteiger partial charge in [-0.05, 0) is 43.9 Å². The highest BCUT2D eigenvalue weighted by Crippen LogP contribution is 2.31. The molecule has 1 atom stereocenters. The van der Waals surface area contributed by atoms with E-state index in [0.717, 1.165) is 32.7 Å². The third-order valence-corrected chi connectivity index (χ3v) is 5.62. The van der Waals surface area contributed by atoms with Crippen LogP contribution in [0, 0.1) is 13.8 Å². The standard InChI is InChI=1S/C22H25N3OS/c1-13(2)17-11-8-9-14(3)20(17)25-21(26)15(4)27-22-18-10-6-7-12-19(18)23-16(5)24-22/h6-13,15H,1-5H3,(H,25,26)/t15-/m0/s1. The van der Waals surface area contributed by atoms with E-state index in [1.807, 2.05) is 57.2 Å². The number of amides is 1. The second kappa shape index (κ2) is 8.09. The Morgan fingerprint density at radius 3 is 2.48 bits per heavy atom. The van der Waals surface area contributed by atoms with Crippen molar-refractivity contribution in [2.75, 3.05) is 5.32 Å². The van der Waals surface area contributed by atoms with Crippen LogP contribution >= 0.6 is 11.8 Å². The Morgan fingerprint density at radius 1 is 1.00 bits per heavy atom. The molecule has 0 aliphatic heterocycles. The molecule has 1 amide bonds.